The van der Waals surface area contributed by atoms with Crippen molar-refractivity contribution in [3.63, 3.8) is 0 Å². The maximum absolute atomic E-state index is 12.6. The molecule has 0 aliphatic carbocycles. The number of nitrogens with zero attached hydrogens (tertiary/aromatic N) is 1. The van der Waals surface area contributed by atoms with Crippen LogP contribution in [-0.2, 0) is 4.74 Å². The van der Waals surface area contributed by atoms with Gasteiger partial charge in [-0.15, -0.1) is 0 Å². The Morgan fingerprint density at radius 2 is 2.05 bits per heavy atom. The van der Waals surface area contributed by atoms with E-state index < -0.39 is 0 Å². The Morgan fingerprint density at radius 3 is 2.63 bits per heavy atom. The predicted octanol–water partition coefficient (Wildman–Crippen LogP) is 2.62. The van der Waals surface area contributed by atoms with E-state index in [1.807, 2.05) is 44.2 Å². The fraction of sp³-hybridized carbons (Fsp3) is 0.562. The maximum atomic E-state index is 12.6. The first-order valence-electron chi connectivity index (χ1n) is 6.88. The van der Waals surface area contributed by atoms with E-state index in [0.29, 0.717) is 6.04 Å². The molecule has 19 heavy (non-hydrogen) atoms. The summed E-state index contributed by atoms with van der Waals surface area (Å²) in [6.45, 7) is 6.42. The number of benzene rings is 1. The number of carbonyl (C=O) groups excluding carboxylic acids is 1. The van der Waals surface area contributed by atoms with Gasteiger partial charge in [0.1, 0.15) is 0 Å². The minimum atomic E-state index is -0.376. The molecule has 1 heterocycles. The van der Waals surface area contributed by atoms with Crippen LogP contribution >= 0.6 is 0 Å². The number of rotatable bonds is 5. The molecule has 3 heteroatoms. The summed E-state index contributed by atoms with van der Waals surface area (Å²) in [7, 11) is 2.08. The molecule has 1 aromatic rings. The first-order valence-corrected chi connectivity index (χ1v) is 6.88. The van der Waals surface area contributed by atoms with E-state index in [4.69, 9.17) is 4.74 Å². The smallest absolute Gasteiger partial charge is 0.169 e. The summed E-state index contributed by atoms with van der Waals surface area (Å²) < 4.78 is 5.41. The molecule has 1 aromatic carbocycles. The van der Waals surface area contributed by atoms with Crippen LogP contribution in [0.3, 0.4) is 0 Å². The molecule has 0 spiro atoms. The second kappa shape index (κ2) is 5.85. The normalized spacial score (nSPS) is 19.9. The molecule has 104 valence electrons. The van der Waals surface area contributed by atoms with Crippen molar-refractivity contribution in [3.05, 3.63) is 35.9 Å². The number of hydrogen-bond acceptors (Lipinski definition) is 3. The molecule has 1 aliphatic heterocycles. The van der Waals surface area contributed by atoms with Gasteiger partial charge >= 0.3 is 0 Å². The van der Waals surface area contributed by atoms with Crippen molar-refractivity contribution in [1.82, 2.24) is 4.90 Å². The molecule has 0 saturated carbocycles. The fourth-order valence-electron chi connectivity index (χ4n) is 2.67. The topological polar surface area (TPSA) is 29.5 Å². The molecule has 0 amide bonds. The van der Waals surface area contributed by atoms with E-state index in [1.54, 1.807) is 0 Å². The van der Waals surface area contributed by atoms with Gasteiger partial charge in [0.05, 0.1) is 6.61 Å². The Bertz CT molecular complexity index is 422. The molecule has 3 nitrogen and oxygen atoms in total. The minimum Gasteiger partial charge on any atom is -0.380 e. The molecule has 0 N–H and O–H groups in total. The molecule has 0 radical (unpaired) electrons. The van der Waals surface area contributed by atoms with Crippen LogP contribution < -0.4 is 0 Å². The average Bonchev–Trinajstić information content (AvgIpc) is 2.92. The van der Waals surface area contributed by atoms with Crippen molar-refractivity contribution in [1.29, 1.82) is 0 Å². The lowest BCUT2D eigenvalue weighted by Gasteiger charge is -2.32. The molecule has 0 bridgehead atoms. The van der Waals surface area contributed by atoms with Crippen LogP contribution in [0.4, 0.5) is 0 Å². The van der Waals surface area contributed by atoms with Gasteiger partial charge in [-0.25, -0.2) is 0 Å². The SMILES string of the molecule is CN(CC(C)(C)C(=O)c1ccccc1)C1CCOC1. The Balaban J connectivity index is 2.03. The van der Waals surface area contributed by atoms with Crippen molar-refractivity contribution in [2.24, 2.45) is 5.41 Å². The van der Waals surface area contributed by atoms with Gasteiger partial charge in [0, 0.05) is 30.2 Å². The van der Waals surface area contributed by atoms with E-state index in [1.165, 1.54) is 0 Å². The standard InChI is InChI=1S/C16H23NO2/c1-16(2,12-17(3)14-9-10-19-11-14)15(18)13-7-5-4-6-8-13/h4-8,14H,9-12H2,1-3H3. The molecule has 2 rings (SSSR count). The summed E-state index contributed by atoms with van der Waals surface area (Å²) in [5, 5.41) is 0. The lowest BCUT2D eigenvalue weighted by molar-refractivity contribution is 0.0735. The van der Waals surface area contributed by atoms with Crippen LogP contribution in [0.5, 0.6) is 0 Å². The summed E-state index contributed by atoms with van der Waals surface area (Å²) >= 11 is 0. The number of ether oxygens (including phenoxy) is 1. The highest BCUT2D eigenvalue weighted by molar-refractivity contribution is 6.00. The van der Waals surface area contributed by atoms with Gasteiger partial charge in [-0.3, -0.25) is 4.79 Å². The molecular weight excluding hydrogens is 238 g/mol. The second-order valence-electron chi connectivity index (χ2n) is 6.01. The molecule has 1 fully saturated rings. The highest BCUT2D eigenvalue weighted by Crippen LogP contribution is 2.25. The summed E-state index contributed by atoms with van der Waals surface area (Å²) in [6, 6.07) is 10.00. The maximum Gasteiger partial charge on any atom is 0.169 e. The third-order valence-electron chi connectivity index (χ3n) is 3.82. The molecule has 0 aromatic heterocycles. The fourth-order valence-corrected chi connectivity index (χ4v) is 2.67. The zero-order valence-corrected chi connectivity index (χ0v) is 12.1. The third-order valence-corrected chi connectivity index (χ3v) is 3.82. The molecule has 1 aliphatic rings. The molecule has 1 unspecified atom stereocenters. The number of carbonyl (C=O) groups is 1. The molecule has 1 atom stereocenters. The Kier molecular flexibility index (Phi) is 4.38. The molecule has 1 saturated heterocycles. The van der Waals surface area contributed by atoms with Gasteiger partial charge in [-0.05, 0) is 13.5 Å². The lowest BCUT2D eigenvalue weighted by atomic mass is 9.83. The first-order chi connectivity index (χ1) is 9.00. The van der Waals surface area contributed by atoms with E-state index in [-0.39, 0.29) is 11.2 Å². The highest BCUT2D eigenvalue weighted by atomic mass is 16.5. The van der Waals surface area contributed by atoms with E-state index in [9.17, 15) is 4.79 Å². The second-order valence-corrected chi connectivity index (χ2v) is 6.01. The average molecular weight is 261 g/mol. The predicted molar refractivity (Wildman–Crippen MR) is 76.4 cm³/mol. The van der Waals surface area contributed by atoms with E-state index >= 15 is 0 Å². The van der Waals surface area contributed by atoms with Crippen LogP contribution in [-0.4, -0.2) is 43.5 Å². The summed E-state index contributed by atoms with van der Waals surface area (Å²) in [5.74, 6) is 0.207. The van der Waals surface area contributed by atoms with Gasteiger partial charge in [0.25, 0.3) is 0 Å². The van der Waals surface area contributed by atoms with Crippen LogP contribution in [0.25, 0.3) is 0 Å². The lowest BCUT2D eigenvalue weighted by Crippen LogP contribution is -2.42. The zero-order chi connectivity index (χ0) is 13.9. The quantitative estimate of drug-likeness (QED) is 0.763. The van der Waals surface area contributed by atoms with Gasteiger partial charge in [0.2, 0.25) is 0 Å². The number of hydrogen-bond donors (Lipinski definition) is 0. The number of ketones is 1. The highest BCUT2D eigenvalue weighted by Gasteiger charge is 2.32. The third kappa shape index (κ3) is 3.43. The largest absolute Gasteiger partial charge is 0.380 e. The zero-order valence-electron chi connectivity index (χ0n) is 12.1. The van der Waals surface area contributed by atoms with Crippen LogP contribution in [0, 0.1) is 5.41 Å². The first kappa shape index (κ1) is 14.2. The summed E-state index contributed by atoms with van der Waals surface area (Å²) in [5.41, 5.74) is 0.419. The minimum absolute atomic E-state index is 0.207. The monoisotopic (exact) mass is 261 g/mol. The number of Topliss-reactive ketones (excluding diaryl/α,β-unsaturated/α-hetero) is 1. The van der Waals surface area contributed by atoms with Gasteiger partial charge in [-0.1, -0.05) is 44.2 Å². The van der Waals surface area contributed by atoms with Gasteiger partial charge in [0.15, 0.2) is 5.78 Å². The number of likely N-dealkylation sites (N-methyl/N-ethyl adjacent to an activating group) is 1. The Labute approximate surface area is 115 Å². The van der Waals surface area contributed by atoms with Gasteiger partial charge in [-0.2, -0.15) is 0 Å². The molecular formula is C16H23NO2. The van der Waals surface area contributed by atoms with Crippen molar-refractivity contribution < 1.29 is 9.53 Å². The van der Waals surface area contributed by atoms with Crippen LogP contribution in [0.1, 0.15) is 30.6 Å². The van der Waals surface area contributed by atoms with Crippen LogP contribution in [0.15, 0.2) is 30.3 Å². The van der Waals surface area contributed by atoms with Crippen LogP contribution in [0.2, 0.25) is 0 Å². The van der Waals surface area contributed by atoms with E-state index in [0.717, 1.165) is 31.7 Å². The van der Waals surface area contributed by atoms with Crippen molar-refractivity contribution >= 4 is 5.78 Å². The Hall–Kier alpha value is -1.19. The van der Waals surface area contributed by atoms with Crippen molar-refractivity contribution in [3.8, 4) is 0 Å². The summed E-state index contributed by atoms with van der Waals surface area (Å²) in [4.78, 5) is 14.8. The van der Waals surface area contributed by atoms with Crippen molar-refractivity contribution in [2.45, 2.75) is 26.3 Å². The summed E-state index contributed by atoms with van der Waals surface area (Å²) in [6.07, 6.45) is 1.06. The Morgan fingerprint density at radius 1 is 1.37 bits per heavy atom. The van der Waals surface area contributed by atoms with Crippen molar-refractivity contribution in [2.75, 3.05) is 26.8 Å². The van der Waals surface area contributed by atoms with E-state index in [2.05, 4.69) is 11.9 Å². The van der Waals surface area contributed by atoms with Gasteiger partial charge < -0.3 is 9.64 Å².